The number of likely N-dealkylation sites (tertiary alicyclic amines) is 1. The lowest BCUT2D eigenvalue weighted by molar-refractivity contribution is 0.0995. The Balaban J connectivity index is 2.03. The van der Waals surface area contributed by atoms with E-state index < -0.39 is 0 Å². The topological polar surface area (TPSA) is 29.3 Å². The van der Waals surface area contributed by atoms with Gasteiger partial charge >= 0.3 is 0 Å². The lowest BCUT2D eigenvalue weighted by atomic mass is 9.85. The summed E-state index contributed by atoms with van der Waals surface area (Å²) in [4.78, 5) is 2.73. The second-order valence-electron chi connectivity index (χ2n) is 6.64. The molecule has 1 saturated carbocycles. The lowest BCUT2D eigenvalue weighted by Crippen LogP contribution is -2.52. The van der Waals surface area contributed by atoms with Crippen molar-refractivity contribution in [3.05, 3.63) is 0 Å². The second-order valence-corrected chi connectivity index (χ2v) is 6.64. The van der Waals surface area contributed by atoms with E-state index in [1.807, 2.05) is 0 Å². The van der Waals surface area contributed by atoms with E-state index in [0.29, 0.717) is 11.0 Å². The molecule has 0 aromatic heterocycles. The summed E-state index contributed by atoms with van der Waals surface area (Å²) in [5.41, 5.74) is 7.00. The number of hydrogen-bond acceptors (Lipinski definition) is 2. The molecular weight excluding hydrogens is 196 g/mol. The first kappa shape index (κ1) is 12.4. The zero-order valence-electron chi connectivity index (χ0n) is 11.1. The quantitative estimate of drug-likeness (QED) is 0.781. The number of hydrogen-bond donors (Lipinski definition) is 1. The summed E-state index contributed by atoms with van der Waals surface area (Å²) >= 11 is 0. The van der Waals surface area contributed by atoms with Crippen LogP contribution in [0.1, 0.15) is 58.8 Å². The molecule has 0 atom stereocenters. The van der Waals surface area contributed by atoms with Crippen LogP contribution in [-0.2, 0) is 0 Å². The summed E-state index contributed by atoms with van der Waals surface area (Å²) in [6, 6.07) is 0. The molecule has 2 nitrogen and oxygen atoms in total. The molecule has 1 saturated heterocycles. The molecule has 0 bridgehead atoms. The minimum absolute atomic E-state index is 0.375. The molecule has 0 unspecified atom stereocenters. The Hall–Kier alpha value is -0.0800. The van der Waals surface area contributed by atoms with Gasteiger partial charge < -0.3 is 5.73 Å². The number of rotatable bonds is 2. The molecule has 1 heterocycles. The molecule has 0 radical (unpaired) electrons. The second kappa shape index (κ2) is 4.66. The summed E-state index contributed by atoms with van der Waals surface area (Å²) in [7, 11) is 0. The predicted octanol–water partition coefficient (Wildman–Crippen LogP) is 2.77. The van der Waals surface area contributed by atoms with Crippen LogP contribution in [0.4, 0.5) is 0 Å². The maximum atomic E-state index is 6.08. The van der Waals surface area contributed by atoms with Crippen LogP contribution in [0.25, 0.3) is 0 Å². The monoisotopic (exact) mass is 224 g/mol. The van der Waals surface area contributed by atoms with Crippen LogP contribution in [0, 0.1) is 5.41 Å². The Kier molecular flexibility index (Phi) is 3.60. The van der Waals surface area contributed by atoms with Crippen molar-refractivity contribution >= 4 is 0 Å². The average Bonchev–Trinajstić information content (AvgIpc) is 2.65. The minimum atomic E-state index is 0.375. The normalized spacial score (nSPS) is 30.2. The summed E-state index contributed by atoms with van der Waals surface area (Å²) in [5.74, 6) is 0. The van der Waals surface area contributed by atoms with Gasteiger partial charge in [0, 0.05) is 12.1 Å². The lowest BCUT2D eigenvalue weighted by Gasteiger charge is -2.40. The smallest absolute Gasteiger partial charge is 0.0331 e. The maximum absolute atomic E-state index is 6.08. The van der Waals surface area contributed by atoms with Crippen molar-refractivity contribution in [2.75, 3.05) is 19.6 Å². The van der Waals surface area contributed by atoms with Crippen LogP contribution in [0.2, 0.25) is 0 Å². The minimum Gasteiger partial charge on any atom is -0.329 e. The molecule has 2 fully saturated rings. The van der Waals surface area contributed by atoms with Crippen LogP contribution < -0.4 is 5.73 Å². The van der Waals surface area contributed by atoms with Crippen LogP contribution in [0.15, 0.2) is 0 Å². The molecule has 2 aliphatic rings. The average molecular weight is 224 g/mol. The maximum Gasteiger partial charge on any atom is 0.0331 e. The molecule has 2 rings (SSSR count). The van der Waals surface area contributed by atoms with Crippen molar-refractivity contribution in [2.24, 2.45) is 11.1 Å². The van der Waals surface area contributed by atoms with E-state index in [1.54, 1.807) is 0 Å². The zero-order valence-corrected chi connectivity index (χ0v) is 11.1. The molecule has 0 aromatic rings. The van der Waals surface area contributed by atoms with E-state index in [2.05, 4.69) is 18.7 Å². The summed E-state index contributed by atoms with van der Waals surface area (Å²) in [6.07, 6.45) is 9.52. The van der Waals surface area contributed by atoms with E-state index in [0.717, 1.165) is 6.54 Å². The molecule has 94 valence electrons. The summed E-state index contributed by atoms with van der Waals surface area (Å²) in [6.45, 7) is 8.25. The first-order valence-corrected chi connectivity index (χ1v) is 7.03. The number of nitrogens with two attached hydrogens (primary N) is 1. The molecule has 0 amide bonds. The fraction of sp³-hybridized carbons (Fsp3) is 1.00. The van der Waals surface area contributed by atoms with Crippen molar-refractivity contribution in [1.82, 2.24) is 4.90 Å². The van der Waals surface area contributed by atoms with E-state index in [-0.39, 0.29) is 0 Å². The van der Waals surface area contributed by atoms with Gasteiger partial charge in [0.1, 0.15) is 0 Å². The van der Waals surface area contributed by atoms with Crippen molar-refractivity contribution in [1.29, 1.82) is 0 Å². The van der Waals surface area contributed by atoms with E-state index in [4.69, 9.17) is 5.73 Å². The standard InChI is InChI=1S/C14H28N2/c1-13(2)6-5-10-16(11-9-13)14(12-15)7-3-4-8-14/h3-12,15H2,1-2H3. The van der Waals surface area contributed by atoms with Crippen LogP contribution in [-0.4, -0.2) is 30.1 Å². The van der Waals surface area contributed by atoms with Crippen molar-refractivity contribution in [3.63, 3.8) is 0 Å². The molecule has 1 aliphatic heterocycles. The van der Waals surface area contributed by atoms with Crippen LogP contribution in [0.3, 0.4) is 0 Å². The van der Waals surface area contributed by atoms with Gasteiger partial charge in [-0.05, 0) is 50.6 Å². The van der Waals surface area contributed by atoms with Crippen molar-refractivity contribution in [3.8, 4) is 0 Å². The van der Waals surface area contributed by atoms with Crippen molar-refractivity contribution < 1.29 is 0 Å². The van der Waals surface area contributed by atoms with E-state index in [1.165, 1.54) is 58.0 Å². The Morgan fingerprint density at radius 3 is 2.25 bits per heavy atom. The first-order chi connectivity index (χ1) is 7.58. The zero-order chi connectivity index (χ0) is 11.6. The fourth-order valence-corrected chi connectivity index (χ4v) is 3.58. The van der Waals surface area contributed by atoms with E-state index >= 15 is 0 Å². The Labute approximate surface area is 101 Å². The third kappa shape index (κ3) is 2.43. The number of nitrogens with zero attached hydrogens (tertiary/aromatic N) is 1. The van der Waals surface area contributed by atoms with Gasteiger partial charge in [0.15, 0.2) is 0 Å². The van der Waals surface area contributed by atoms with Gasteiger partial charge in [0.2, 0.25) is 0 Å². The molecular formula is C14H28N2. The summed E-state index contributed by atoms with van der Waals surface area (Å²) in [5, 5.41) is 0. The van der Waals surface area contributed by atoms with Gasteiger partial charge in [-0.1, -0.05) is 26.7 Å². The van der Waals surface area contributed by atoms with E-state index in [9.17, 15) is 0 Å². The highest BCUT2D eigenvalue weighted by atomic mass is 15.2. The molecule has 0 aromatic carbocycles. The van der Waals surface area contributed by atoms with Crippen molar-refractivity contribution in [2.45, 2.75) is 64.3 Å². The van der Waals surface area contributed by atoms with Gasteiger partial charge in [0.05, 0.1) is 0 Å². The first-order valence-electron chi connectivity index (χ1n) is 7.03. The van der Waals surface area contributed by atoms with Gasteiger partial charge in [-0.3, -0.25) is 4.90 Å². The van der Waals surface area contributed by atoms with Crippen LogP contribution in [0.5, 0.6) is 0 Å². The molecule has 2 N–H and O–H groups in total. The van der Waals surface area contributed by atoms with Gasteiger partial charge in [-0.25, -0.2) is 0 Å². The highest BCUT2D eigenvalue weighted by Gasteiger charge is 2.39. The largest absolute Gasteiger partial charge is 0.329 e. The molecule has 2 heteroatoms. The summed E-state index contributed by atoms with van der Waals surface area (Å²) < 4.78 is 0. The van der Waals surface area contributed by atoms with Crippen LogP contribution >= 0.6 is 0 Å². The SMILES string of the molecule is CC1(C)CCCN(C2(CN)CCCC2)CC1. The highest BCUT2D eigenvalue weighted by molar-refractivity contribution is 4.97. The third-order valence-electron chi connectivity index (χ3n) is 4.93. The molecule has 0 spiro atoms. The Morgan fingerprint density at radius 2 is 1.62 bits per heavy atom. The van der Waals surface area contributed by atoms with Gasteiger partial charge in [-0.2, -0.15) is 0 Å². The molecule has 16 heavy (non-hydrogen) atoms. The predicted molar refractivity (Wildman–Crippen MR) is 69.5 cm³/mol. The molecule has 1 aliphatic carbocycles. The van der Waals surface area contributed by atoms with Gasteiger partial charge in [-0.15, -0.1) is 0 Å². The third-order valence-corrected chi connectivity index (χ3v) is 4.93. The highest BCUT2D eigenvalue weighted by Crippen LogP contribution is 2.38. The fourth-order valence-electron chi connectivity index (χ4n) is 3.58. The Bertz CT molecular complexity index is 229. The Morgan fingerprint density at radius 1 is 0.938 bits per heavy atom. The van der Waals surface area contributed by atoms with Gasteiger partial charge in [0.25, 0.3) is 0 Å².